The van der Waals surface area contributed by atoms with Gasteiger partial charge in [-0.05, 0) is 95.9 Å². The molecule has 6 aliphatic rings. The number of ether oxygens (including phenoxy) is 2. The number of fused-ring (bicyclic) bond motifs is 10. The molecule has 0 radical (unpaired) electrons. The molecule has 0 bridgehead atoms. The minimum Gasteiger partial charge on any atom is -0.359 e. The molecule has 2 heteroatoms. The third-order valence-corrected chi connectivity index (χ3v) is 13.7. The van der Waals surface area contributed by atoms with E-state index in [4.69, 9.17) is 9.47 Å². The Kier molecular flexibility index (Phi) is 8.77. The summed E-state index contributed by atoms with van der Waals surface area (Å²) in [6.45, 7) is 0. The van der Waals surface area contributed by atoms with Crippen LogP contribution in [0.5, 0.6) is 0 Å². The van der Waals surface area contributed by atoms with Gasteiger partial charge >= 0.3 is 0 Å². The smallest absolute Gasteiger partial charge is 0.0949 e. The molecule has 0 unspecified atom stereocenters. The Balaban J connectivity index is 0.000000135. The van der Waals surface area contributed by atoms with Crippen LogP contribution in [-0.2, 0) is 31.9 Å². The SMILES string of the molecule is c1ccc2c(c1)-c1ccccc1C1(CCCCC1)OC21CCCCC1.c1ccc2c(c1)-c1ccccc1C1(CCCCC1)OC21CCCCC1. The Bertz CT molecular complexity index is 1530. The summed E-state index contributed by atoms with van der Waals surface area (Å²) in [5.41, 5.74) is 11.2. The fourth-order valence-electron chi connectivity index (χ4n) is 11.4. The molecule has 10 rings (SSSR count). The van der Waals surface area contributed by atoms with E-state index in [1.165, 1.54) is 173 Å². The molecular formula is C48H56O2. The van der Waals surface area contributed by atoms with E-state index in [0.29, 0.717) is 0 Å². The van der Waals surface area contributed by atoms with Gasteiger partial charge in [-0.3, -0.25) is 0 Å². The maximum atomic E-state index is 7.32. The van der Waals surface area contributed by atoms with Crippen molar-refractivity contribution in [2.45, 2.75) is 151 Å². The lowest BCUT2D eigenvalue weighted by Crippen LogP contribution is -2.42. The molecule has 0 N–H and O–H groups in total. The van der Waals surface area contributed by atoms with Crippen LogP contribution in [0.4, 0.5) is 0 Å². The Morgan fingerprint density at radius 2 is 0.460 bits per heavy atom. The number of benzene rings is 4. The first-order chi connectivity index (χ1) is 24.7. The van der Waals surface area contributed by atoms with Crippen LogP contribution in [0.15, 0.2) is 97.1 Å². The highest BCUT2D eigenvalue weighted by Gasteiger charge is 2.50. The van der Waals surface area contributed by atoms with E-state index in [1.807, 2.05) is 0 Å². The second-order valence-electron chi connectivity index (χ2n) is 16.6. The predicted molar refractivity (Wildman–Crippen MR) is 205 cm³/mol. The zero-order valence-corrected chi connectivity index (χ0v) is 30.2. The number of hydrogen-bond acceptors (Lipinski definition) is 2. The minimum atomic E-state index is -0.0782. The van der Waals surface area contributed by atoms with Crippen LogP contribution in [-0.4, -0.2) is 0 Å². The van der Waals surface area contributed by atoms with Crippen LogP contribution in [0, 0.1) is 0 Å². The van der Waals surface area contributed by atoms with Crippen LogP contribution >= 0.6 is 0 Å². The minimum absolute atomic E-state index is 0.0782. The third kappa shape index (κ3) is 5.52. The maximum absolute atomic E-state index is 7.32. The van der Waals surface area contributed by atoms with E-state index >= 15 is 0 Å². The Morgan fingerprint density at radius 1 is 0.260 bits per heavy atom. The summed E-state index contributed by atoms with van der Waals surface area (Å²) in [5, 5.41) is 0. The van der Waals surface area contributed by atoms with Crippen LogP contribution in [0.2, 0.25) is 0 Å². The first kappa shape index (κ1) is 32.7. The van der Waals surface area contributed by atoms with Crippen molar-refractivity contribution in [2.75, 3.05) is 0 Å². The van der Waals surface area contributed by atoms with Crippen molar-refractivity contribution in [3.63, 3.8) is 0 Å². The Morgan fingerprint density at radius 3 is 0.680 bits per heavy atom. The molecule has 0 amide bonds. The van der Waals surface area contributed by atoms with Crippen molar-refractivity contribution < 1.29 is 9.47 Å². The summed E-state index contributed by atoms with van der Waals surface area (Å²) in [7, 11) is 0. The molecule has 0 aromatic heterocycles. The Labute approximate surface area is 301 Å². The highest BCUT2D eigenvalue weighted by molar-refractivity contribution is 5.75. The topological polar surface area (TPSA) is 18.5 Å². The van der Waals surface area contributed by atoms with Crippen LogP contribution < -0.4 is 0 Å². The van der Waals surface area contributed by atoms with Gasteiger partial charge in [0.05, 0.1) is 22.4 Å². The normalized spacial score (nSPS) is 23.7. The molecule has 4 spiro atoms. The summed E-state index contributed by atoms with van der Waals surface area (Å²) < 4.78 is 14.6. The molecule has 0 saturated heterocycles. The van der Waals surface area contributed by atoms with E-state index in [9.17, 15) is 0 Å². The molecular weight excluding hydrogens is 609 g/mol. The van der Waals surface area contributed by atoms with E-state index in [1.54, 1.807) is 0 Å². The van der Waals surface area contributed by atoms with Gasteiger partial charge in [0.25, 0.3) is 0 Å². The third-order valence-electron chi connectivity index (χ3n) is 13.7. The lowest BCUT2D eigenvalue weighted by Gasteiger charge is -2.47. The molecule has 4 aromatic rings. The molecule has 2 aliphatic heterocycles. The maximum Gasteiger partial charge on any atom is 0.0949 e. The fraction of sp³-hybridized carbons (Fsp3) is 0.500. The highest BCUT2D eigenvalue weighted by atomic mass is 16.5. The molecule has 4 aromatic carbocycles. The first-order valence-corrected chi connectivity index (χ1v) is 20.5. The molecule has 2 heterocycles. The van der Waals surface area contributed by atoms with E-state index in [0.717, 1.165) is 0 Å². The molecule has 260 valence electrons. The van der Waals surface area contributed by atoms with Crippen molar-refractivity contribution >= 4 is 0 Å². The van der Waals surface area contributed by atoms with Gasteiger partial charge in [0, 0.05) is 0 Å². The molecule has 4 fully saturated rings. The fourth-order valence-corrected chi connectivity index (χ4v) is 11.4. The summed E-state index contributed by atoms with van der Waals surface area (Å²) in [4.78, 5) is 0. The van der Waals surface area contributed by atoms with Gasteiger partial charge in [-0.25, -0.2) is 0 Å². The molecule has 2 nitrogen and oxygen atoms in total. The Hall–Kier alpha value is -3.20. The molecule has 50 heavy (non-hydrogen) atoms. The lowest BCUT2D eigenvalue weighted by molar-refractivity contribution is -0.195. The standard InChI is InChI=1S/2C24H28O/c2*1-7-15-23(16-8-1)21-13-5-3-11-19(21)20-12-4-6-14-22(20)24(25-23)17-9-2-10-18-24/h2*3-6,11-14H,1-2,7-10,15-18H2. The summed E-state index contributed by atoms with van der Waals surface area (Å²) >= 11 is 0. The summed E-state index contributed by atoms with van der Waals surface area (Å²) in [6.07, 6.45) is 25.2. The zero-order valence-electron chi connectivity index (χ0n) is 30.2. The van der Waals surface area contributed by atoms with Crippen LogP contribution in [0.3, 0.4) is 0 Å². The van der Waals surface area contributed by atoms with Gasteiger partial charge in [0.2, 0.25) is 0 Å². The van der Waals surface area contributed by atoms with E-state index in [-0.39, 0.29) is 22.4 Å². The van der Waals surface area contributed by atoms with E-state index < -0.39 is 0 Å². The average Bonchev–Trinajstić information content (AvgIpc) is 3.33. The van der Waals surface area contributed by atoms with Gasteiger partial charge in [0.15, 0.2) is 0 Å². The van der Waals surface area contributed by atoms with E-state index in [2.05, 4.69) is 97.1 Å². The van der Waals surface area contributed by atoms with Crippen molar-refractivity contribution in [3.8, 4) is 22.3 Å². The summed E-state index contributed by atoms with van der Waals surface area (Å²) in [5.74, 6) is 0. The zero-order chi connectivity index (χ0) is 33.5. The highest BCUT2D eigenvalue weighted by Crippen LogP contribution is 2.58. The predicted octanol–water partition coefficient (Wildman–Crippen LogP) is 13.4. The van der Waals surface area contributed by atoms with Gasteiger partial charge in [-0.2, -0.15) is 0 Å². The van der Waals surface area contributed by atoms with Gasteiger partial charge in [-0.15, -0.1) is 0 Å². The van der Waals surface area contributed by atoms with Crippen molar-refractivity contribution in [2.24, 2.45) is 0 Å². The van der Waals surface area contributed by atoms with Gasteiger partial charge in [0.1, 0.15) is 0 Å². The van der Waals surface area contributed by atoms with Gasteiger partial charge < -0.3 is 9.47 Å². The van der Waals surface area contributed by atoms with Crippen molar-refractivity contribution in [3.05, 3.63) is 119 Å². The van der Waals surface area contributed by atoms with Crippen molar-refractivity contribution in [1.82, 2.24) is 0 Å². The second-order valence-corrected chi connectivity index (χ2v) is 16.6. The quantitative estimate of drug-likeness (QED) is 0.186. The first-order valence-electron chi connectivity index (χ1n) is 20.5. The molecule has 4 aliphatic carbocycles. The lowest BCUT2D eigenvalue weighted by atomic mass is 9.76. The average molecular weight is 665 g/mol. The summed E-state index contributed by atoms with van der Waals surface area (Å²) in [6, 6.07) is 36.3. The second kappa shape index (κ2) is 13.4. The van der Waals surface area contributed by atoms with Crippen LogP contribution in [0.25, 0.3) is 22.3 Å². The molecule has 0 atom stereocenters. The largest absolute Gasteiger partial charge is 0.359 e. The molecule has 4 saturated carbocycles. The van der Waals surface area contributed by atoms with Crippen molar-refractivity contribution in [1.29, 1.82) is 0 Å². The number of rotatable bonds is 0. The van der Waals surface area contributed by atoms with Gasteiger partial charge in [-0.1, -0.05) is 174 Å². The monoisotopic (exact) mass is 664 g/mol. The van der Waals surface area contributed by atoms with Crippen LogP contribution in [0.1, 0.15) is 151 Å². The number of hydrogen-bond donors (Lipinski definition) is 0.